The van der Waals surface area contributed by atoms with Gasteiger partial charge in [-0.05, 0) is 68.0 Å². The van der Waals surface area contributed by atoms with Crippen LogP contribution in [0.4, 0.5) is 5.00 Å². The molecule has 1 aliphatic carbocycles. The molecular formula is C29H27ClN2O3S. The Morgan fingerprint density at radius 2 is 1.94 bits per heavy atom. The van der Waals surface area contributed by atoms with Crippen LogP contribution < -0.4 is 5.32 Å². The number of halogens is 1. The van der Waals surface area contributed by atoms with Crippen LogP contribution in [0.3, 0.4) is 0 Å². The number of esters is 1. The third kappa shape index (κ3) is 4.63. The molecule has 0 aliphatic heterocycles. The average molecular weight is 519 g/mol. The molecule has 0 radical (unpaired) electrons. The van der Waals surface area contributed by atoms with Gasteiger partial charge >= 0.3 is 5.97 Å². The number of nitrogens with zero attached hydrogens (tertiary/aromatic N) is 1. The molecule has 2 aromatic heterocycles. The van der Waals surface area contributed by atoms with Crippen molar-refractivity contribution in [3.8, 4) is 11.3 Å². The number of amides is 1. The van der Waals surface area contributed by atoms with Gasteiger partial charge in [-0.15, -0.1) is 11.3 Å². The minimum Gasteiger partial charge on any atom is -0.465 e. The van der Waals surface area contributed by atoms with E-state index >= 15 is 0 Å². The molecule has 184 valence electrons. The highest BCUT2D eigenvalue weighted by Crippen LogP contribution is 2.41. The zero-order valence-corrected chi connectivity index (χ0v) is 22.1. The van der Waals surface area contributed by atoms with Gasteiger partial charge in [0.2, 0.25) is 0 Å². The molecule has 1 unspecified atom stereocenters. The molecule has 2 aromatic carbocycles. The fourth-order valence-electron chi connectivity index (χ4n) is 4.88. The maximum Gasteiger partial charge on any atom is 0.341 e. The van der Waals surface area contributed by atoms with E-state index in [1.807, 2.05) is 37.3 Å². The second-order valence-corrected chi connectivity index (χ2v) is 10.8. The van der Waals surface area contributed by atoms with Crippen LogP contribution in [0.5, 0.6) is 0 Å². The van der Waals surface area contributed by atoms with Crippen LogP contribution in [0.15, 0.2) is 48.5 Å². The smallest absolute Gasteiger partial charge is 0.341 e. The van der Waals surface area contributed by atoms with E-state index in [1.54, 1.807) is 18.2 Å². The van der Waals surface area contributed by atoms with E-state index in [4.69, 9.17) is 21.3 Å². The fourth-order valence-corrected chi connectivity index (χ4v) is 6.35. The molecule has 2 heterocycles. The van der Waals surface area contributed by atoms with Crippen molar-refractivity contribution in [1.82, 2.24) is 4.98 Å². The molecule has 5 nitrogen and oxygen atoms in total. The van der Waals surface area contributed by atoms with E-state index in [9.17, 15) is 9.59 Å². The second kappa shape index (κ2) is 10.0. The molecule has 7 heteroatoms. The molecule has 0 saturated carbocycles. The first-order chi connectivity index (χ1) is 17.4. The summed E-state index contributed by atoms with van der Waals surface area (Å²) in [5, 5.41) is 5.01. The van der Waals surface area contributed by atoms with Crippen LogP contribution in [0, 0.1) is 12.8 Å². The van der Waals surface area contributed by atoms with Gasteiger partial charge in [-0.3, -0.25) is 4.79 Å². The number of carbonyl (C=O) groups excluding carboxylic acids is 2. The molecule has 36 heavy (non-hydrogen) atoms. The molecule has 0 bridgehead atoms. The number of rotatable bonds is 5. The van der Waals surface area contributed by atoms with E-state index in [-0.39, 0.29) is 5.91 Å². The Morgan fingerprint density at radius 3 is 2.67 bits per heavy atom. The molecule has 0 spiro atoms. The topological polar surface area (TPSA) is 68.3 Å². The number of pyridine rings is 1. The number of thiophene rings is 1. The zero-order chi connectivity index (χ0) is 25.4. The van der Waals surface area contributed by atoms with Crippen molar-refractivity contribution in [2.75, 3.05) is 12.4 Å². The van der Waals surface area contributed by atoms with Crippen LogP contribution in [-0.2, 0) is 17.6 Å². The molecule has 5 rings (SSSR count). The van der Waals surface area contributed by atoms with E-state index in [2.05, 4.69) is 12.2 Å². The number of nitrogens with one attached hydrogen (secondary N) is 1. The van der Waals surface area contributed by atoms with Crippen molar-refractivity contribution in [3.63, 3.8) is 0 Å². The van der Waals surface area contributed by atoms with E-state index in [1.165, 1.54) is 23.3 Å². The largest absolute Gasteiger partial charge is 0.465 e. The second-order valence-electron chi connectivity index (χ2n) is 9.25. The van der Waals surface area contributed by atoms with Gasteiger partial charge in [-0.25, -0.2) is 9.78 Å². The van der Waals surface area contributed by atoms with Gasteiger partial charge in [0.05, 0.1) is 29.4 Å². The number of hydrogen-bond acceptors (Lipinski definition) is 5. The van der Waals surface area contributed by atoms with Crippen LogP contribution in [0.1, 0.15) is 56.5 Å². The summed E-state index contributed by atoms with van der Waals surface area (Å²) in [5.74, 6) is -0.0895. The van der Waals surface area contributed by atoms with Crippen molar-refractivity contribution < 1.29 is 14.3 Å². The Kier molecular flexibility index (Phi) is 6.82. The fraction of sp³-hybridized carbons (Fsp3) is 0.276. The average Bonchev–Trinajstić information content (AvgIpc) is 3.24. The Hall–Kier alpha value is -3.22. The highest BCUT2D eigenvalue weighted by atomic mass is 35.5. The summed E-state index contributed by atoms with van der Waals surface area (Å²) in [6, 6.07) is 15.1. The maximum absolute atomic E-state index is 13.8. The summed E-state index contributed by atoms with van der Waals surface area (Å²) in [4.78, 5) is 32.5. The molecule has 0 saturated heterocycles. The molecule has 1 aliphatic rings. The SMILES string of the molecule is CCC1CCc2c(sc(NC(=O)c3cc(-c4ccc(Cl)cc4)nc4ccc(C)cc34)c2C(=O)OC)C1. The maximum atomic E-state index is 13.8. The number of aromatic nitrogens is 1. The number of ether oxygens (including phenoxy) is 1. The number of fused-ring (bicyclic) bond motifs is 2. The van der Waals surface area contributed by atoms with Gasteiger partial charge in [0.1, 0.15) is 5.00 Å². The zero-order valence-electron chi connectivity index (χ0n) is 20.5. The Morgan fingerprint density at radius 1 is 1.17 bits per heavy atom. The van der Waals surface area contributed by atoms with Crippen molar-refractivity contribution in [1.29, 1.82) is 0 Å². The summed E-state index contributed by atoms with van der Waals surface area (Å²) in [6.07, 6.45) is 3.88. The van der Waals surface area contributed by atoms with E-state index in [0.29, 0.717) is 32.8 Å². The van der Waals surface area contributed by atoms with Crippen molar-refractivity contribution in [3.05, 3.63) is 80.7 Å². The minimum absolute atomic E-state index is 0.279. The molecule has 1 atom stereocenters. The van der Waals surface area contributed by atoms with Crippen molar-refractivity contribution in [2.45, 2.75) is 39.5 Å². The van der Waals surface area contributed by atoms with Crippen molar-refractivity contribution >= 4 is 50.7 Å². The monoisotopic (exact) mass is 518 g/mol. The van der Waals surface area contributed by atoms with Crippen LogP contribution in [-0.4, -0.2) is 24.0 Å². The highest BCUT2D eigenvalue weighted by Gasteiger charge is 2.30. The summed E-state index contributed by atoms with van der Waals surface area (Å²) in [6.45, 7) is 4.18. The number of benzene rings is 2. The predicted molar refractivity (Wildman–Crippen MR) is 146 cm³/mol. The number of aryl methyl sites for hydroxylation is 1. The first kappa shape index (κ1) is 24.5. The van der Waals surface area contributed by atoms with Crippen LogP contribution >= 0.6 is 22.9 Å². The normalized spacial score (nSPS) is 14.9. The Bertz CT molecular complexity index is 1480. The molecule has 1 amide bonds. The van der Waals surface area contributed by atoms with Gasteiger partial charge in [0.15, 0.2) is 0 Å². The van der Waals surface area contributed by atoms with E-state index < -0.39 is 5.97 Å². The number of carbonyl (C=O) groups is 2. The number of hydrogen-bond donors (Lipinski definition) is 1. The quantitative estimate of drug-likeness (QED) is 0.278. The third-order valence-corrected chi connectivity index (χ3v) is 8.33. The standard InChI is InChI=1S/C29H27ClN2O3S/c1-4-17-6-11-20-25(14-17)36-28(26(20)29(34)35-3)32-27(33)22-15-24(18-7-9-19(30)10-8-18)31-23-12-5-16(2)13-21(22)23/h5,7-10,12-13,15,17H,4,6,11,14H2,1-3H3,(H,32,33). The number of methoxy groups -OCH3 is 1. The van der Waals surface area contributed by atoms with Crippen LogP contribution in [0.25, 0.3) is 22.2 Å². The van der Waals surface area contributed by atoms with Gasteiger partial charge in [0.25, 0.3) is 5.91 Å². The number of anilines is 1. The van der Waals surface area contributed by atoms with Gasteiger partial charge in [0, 0.05) is 20.8 Å². The van der Waals surface area contributed by atoms with Gasteiger partial charge in [-0.2, -0.15) is 0 Å². The first-order valence-corrected chi connectivity index (χ1v) is 13.3. The van der Waals surface area contributed by atoms with Crippen molar-refractivity contribution in [2.24, 2.45) is 5.92 Å². The van der Waals surface area contributed by atoms with Crippen LogP contribution in [0.2, 0.25) is 5.02 Å². The van der Waals surface area contributed by atoms with Gasteiger partial charge in [-0.1, -0.05) is 48.7 Å². The minimum atomic E-state index is -0.407. The predicted octanol–water partition coefficient (Wildman–Crippen LogP) is 7.48. The molecule has 0 fully saturated rings. The third-order valence-electron chi connectivity index (χ3n) is 6.91. The lowest BCUT2D eigenvalue weighted by Gasteiger charge is -2.20. The Labute approximate surface area is 219 Å². The highest BCUT2D eigenvalue weighted by molar-refractivity contribution is 7.17. The summed E-state index contributed by atoms with van der Waals surface area (Å²) < 4.78 is 5.11. The summed E-state index contributed by atoms with van der Waals surface area (Å²) in [7, 11) is 1.38. The lowest BCUT2D eigenvalue weighted by Crippen LogP contribution is -2.17. The molecule has 1 N–H and O–H groups in total. The van der Waals surface area contributed by atoms with Gasteiger partial charge < -0.3 is 10.1 Å². The Balaban J connectivity index is 1.59. The first-order valence-electron chi connectivity index (χ1n) is 12.1. The molecule has 4 aromatic rings. The lowest BCUT2D eigenvalue weighted by atomic mass is 9.85. The molecular weight excluding hydrogens is 492 g/mol. The summed E-state index contributed by atoms with van der Waals surface area (Å²) >= 11 is 7.57. The van der Waals surface area contributed by atoms with E-state index in [0.717, 1.165) is 53.3 Å². The summed E-state index contributed by atoms with van der Waals surface area (Å²) in [5.41, 5.74) is 5.31. The lowest BCUT2D eigenvalue weighted by molar-refractivity contribution is 0.0601.